The first-order valence-electron chi connectivity index (χ1n) is 11.7. The SMILES string of the molecule is CC(C)(C)OC(=O)N1CCC(n2cc(N3CCC(c4ccc([N+](=O)[O-])cc4)CC3)cn2)CC1. The van der Waals surface area contributed by atoms with Crippen molar-refractivity contribution < 1.29 is 14.5 Å². The lowest BCUT2D eigenvalue weighted by molar-refractivity contribution is -0.384. The van der Waals surface area contributed by atoms with Crippen LogP contribution in [-0.4, -0.2) is 57.5 Å². The molecule has 0 atom stereocenters. The van der Waals surface area contributed by atoms with Crippen molar-refractivity contribution in [1.29, 1.82) is 0 Å². The molecule has 0 bridgehead atoms. The number of anilines is 1. The minimum atomic E-state index is -0.475. The van der Waals surface area contributed by atoms with Gasteiger partial charge in [0.15, 0.2) is 0 Å². The van der Waals surface area contributed by atoms with Crippen LogP contribution in [0.15, 0.2) is 36.7 Å². The second-order valence-electron chi connectivity index (χ2n) is 9.99. The lowest BCUT2D eigenvalue weighted by Crippen LogP contribution is -2.42. The summed E-state index contributed by atoms with van der Waals surface area (Å²) in [5.74, 6) is 0.425. The zero-order valence-electron chi connectivity index (χ0n) is 19.6. The van der Waals surface area contributed by atoms with E-state index in [9.17, 15) is 14.9 Å². The third-order valence-electron chi connectivity index (χ3n) is 6.51. The van der Waals surface area contributed by atoms with Crippen LogP contribution in [0.5, 0.6) is 0 Å². The number of likely N-dealkylation sites (tertiary alicyclic amines) is 1. The van der Waals surface area contributed by atoms with E-state index in [0.717, 1.165) is 44.5 Å². The molecule has 178 valence electrons. The number of nitrogens with zero attached hydrogens (tertiary/aromatic N) is 5. The Hall–Kier alpha value is -3.10. The van der Waals surface area contributed by atoms with Gasteiger partial charge in [0.05, 0.1) is 22.8 Å². The van der Waals surface area contributed by atoms with Crippen molar-refractivity contribution in [2.75, 3.05) is 31.1 Å². The van der Waals surface area contributed by atoms with Gasteiger partial charge in [0.1, 0.15) is 5.60 Å². The van der Waals surface area contributed by atoms with Crippen molar-refractivity contribution in [1.82, 2.24) is 14.7 Å². The van der Waals surface area contributed by atoms with Crippen LogP contribution in [0.25, 0.3) is 0 Å². The number of nitro groups is 1. The van der Waals surface area contributed by atoms with Crippen LogP contribution in [0.1, 0.15) is 64.0 Å². The molecule has 2 aliphatic heterocycles. The number of benzene rings is 1. The number of rotatable bonds is 4. The van der Waals surface area contributed by atoms with Gasteiger partial charge >= 0.3 is 6.09 Å². The molecule has 2 saturated heterocycles. The number of carbonyl (C=O) groups excluding carboxylic acids is 1. The predicted octanol–water partition coefficient (Wildman–Crippen LogP) is 4.75. The molecule has 0 unspecified atom stereocenters. The highest BCUT2D eigenvalue weighted by atomic mass is 16.6. The highest BCUT2D eigenvalue weighted by Crippen LogP contribution is 2.32. The molecule has 1 aromatic carbocycles. The fourth-order valence-corrected chi connectivity index (χ4v) is 4.67. The number of piperidine rings is 2. The fraction of sp³-hybridized carbons (Fsp3) is 0.583. The number of nitro benzene ring substituents is 1. The molecule has 1 aromatic heterocycles. The highest BCUT2D eigenvalue weighted by Gasteiger charge is 2.28. The summed E-state index contributed by atoms with van der Waals surface area (Å²) in [6.45, 7) is 8.88. The van der Waals surface area contributed by atoms with Crippen molar-refractivity contribution in [2.45, 2.75) is 64.0 Å². The zero-order chi connectivity index (χ0) is 23.6. The number of aromatic nitrogens is 2. The van der Waals surface area contributed by atoms with Gasteiger partial charge in [-0.25, -0.2) is 4.79 Å². The van der Waals surface area contributed by atoms with Gasteiger partial charge in [-0.05, 0) is 57.9 Å². The molecular formula is C24H33N5O4. The Morgan fingerprint density at radius 2 is 1.70 bits per heavy atom. The molecule has 0 radical (unpaired) electrons. The molecule has 0 aliphatic carbocycles. The molecule has 33 heavy (non-hydrogen) atoms. The second kappa shape index (κ2) is 9.41. The van der Waals surface area contributed by atoms with Crippen LogP contribution in [0.2, 0.25) is 0 Å². The number of amides is 1. The zero-order valence-corrected chi connectivity index (χ0v) is 19.6. The van der Waals surface area contributed by atoms with E-state index in [1.54, 1.807) is 17.0 Å². The van der Waals surface area contributed by atoms with E-state index in [1.807, 2.05) is 43.8 Å². The molecule has 2 aromatic rings. The van der Waals surface area contributed by atoms with Crippen LogP contribution >= 0.6 is 0 Å². The molecule has 3 heterocycles. The van der Waals surface area contributed by atoms with E-state index in [4.69, 9.17) is 4.74 Å². The maximum atomic E-state index is 12.3. The number of non-ortho nitro benzene ring substituents is 1. The summed E-state index contributed by atoms with van der Waals surface area (Å²) < 4.78 is 7.53. The van der Waals surface area contributed by atoms with Crippen LogP contribution in [0.3, 0.4) is 0 Å². The topological polar surface area (TPSA) is 93.7 Å². The van der Waals surface area contributed by atoms with Crippen molar-refractivity contribution in [3.05, 3.63) is 52.3 Å². The summed E-state index contributed by atoms with van der Waals surface area (Å²) >= 11 is 0. The quantitative estimate of drug-likeness (QED) is 0.488. The van der Waals surface area contributed by atoms with Crippen LogP contribution in [0.4, 0.5) is 16.2 Å². The first kappa shape index (κ1) is 23.1. The Balaban J connectivity index is 1.28. The van der Waals surface area contributed by atoms with Gasteiger partial charge < -0.3 is 14.5 Å². The summed E-state index contributed by atoms with van der Waals surface area (Å²) in [5, 5.41) is 15.5. The van der Waals surface area contributed by atoms with Gasteiger partial charge in [0.2, 0.25) is 0 Å². The van der Waals surface area contributed by atoms with E-state index < -0.39 is 5.60 Å². The first-order valence-corrected chi connectivity index (χ1v) is 11.7. The second-order valence-corrected chi connectivity index (χ2v) is 9.99. The maximum Gasteiger partial charge on any atom is 0.410 e. The van der Waals surface area contributed by atoms with Gasteiger partial charge in [-0.3, -0.25) is 14.8 Å². The molecule has 9 nitrogen and oxygen atoms in total. The molecule has 0 spiro atoms. The van der Waals surface area contributed by atoms with Gasteiger partial charge in [0, 0.05) is 44.5 Å². The minimum Gasteiger partial charge on any atom is -0.444 e. The molecule has 2 fully saturated rings. The van der Waals surface area contributed by atoms with Gasteiger partial charge in [-0.15, -0.1) is 0 Å². The number of hydrogen-bond acceptors (Lipinski definition) is 6. The Labute approximate surface area is 194 Å². The number of carbonyl (C=O) groups is 1. The Kier molecular flexibility index (Phi) is 6.58. The molecule has 2 aliphatic rings. The standard InChI is InChI=1S/C24H33N5O4/c1-24(2,3)33-23(30)27-14-10-20(11-15-27)28-17-22(16-25-28)26-12-8-19(9-13-26)18-4-6-21(7-5-18)29(31)32/h4-7,16-17,19-20H,8-15H2,1-3H3. The Morgan fingerprint density at radius 3 is 2.27 bits per heavy atom. The minimum absolute atomic E-state index is 0.139. The summed E-state index contributed by atoms with van der Waals surface area (Å²) in [7, 11) is 0. The molecule has 0 N–H and O–H groups in total. The van der Waals surface area contributed by atoms with Crippen molar-refractivity contribution in [2.24, 2.45) is 0 Å². The Bertz CT molecular complexity index is 965. The third-order valence-corrected chi connectivity index (χ3v) is 6.51. The number of ether oxygens (including phenoxy) is 1. The number of hydrogen-bond donors (Lipinski definition) is 0. The third kappa shape index (κ3) is 5.64. The normalized spacial score (nSPS) is 18.4. The van der Waals surface area contributed by atoms with Crippen LogP contribution < -0.4 is 4.90 Å². The van der Waals surface area contributed by atoms with Gasteiger partial charge in [-0.1, -0.05) is 12.1 Å². The first-order chi connectivity index (χ1) is 15.7. The van der Waals surface area contributed by atoms with Crippen LogP contribution in [-0.2, 0) is 4.74 Å². The predicted molar refractivity (Wildman–Crippen MR) is 126 cm³/mol. The maximum absolute atomic E-state index is 12.3. The van der Waals surface area contributed by atoms with Crippen molar-refractivity contribution in [3.63, 3.8) is 0 Å². The van der Waals surface area contributed by atoms with Crippen molar-refractivity contribution >= 4 is 17.5 Å². The summed E-state index contributed by atoms with van der Waals surface area (Å²) in [4.78, 5) is 26.9. The summed E-state index contributed by atoms with van der Waals surface area (Å²) in [6.07, 6.45) is 7.57. The smallest absolute Gasteiger partial charge is 0.410 e. The molecular weight excluding hydrogens is 422 g/mol. The largest absolute Gasteiger partial charge is 0.444 e. The van der Waals surface area contributed by atoms with E-state index in [-0.39, 0.29) is 22.7 Å². The molecule has 4 rings (SSSR count). The van der Waals surface area contributed by atoms with Crippen LogP contribution in [0, 0.1) is 10.1 Å². The van der Waals surface area contributed by atoms with Crippen molar-refractivity contribution in [3.8, 4) is 0 Å². The lowest BCUT2D eigenvalue weighted by atomic mass is 9.89. The average molecular weight is 456 g/mol. The Morgan fingerprint density at radius 1 is 1.06 bits per heavy atom. The van der Waals surface area contributed by atoms with E-state index >= 15 is 0 Å². The average Bonchev–Trinajstić information content (AvgIpc) is 3.28. The van der Waals surface area contributed by atoms with E-state index in [2.05, 4.69) is 16.2 Å². The highest BCUT2D eigenvalue weighted by molar-refractivity contribution is 5.68. The molecule has 9 heteroatoms. The fourth-order valence-electron chi connectivity index (χ4n) is 4.67. The monoisotopic (exact) mass is 455 g/mol. The molecule has 0 saturated carbocycles. The van der Waals surface area contributed by atoms with Gasteiger partial charge in [-0.2, -0.15) is 5.10 Å². The van der Waals surface area contributed by atoms with Gasteiger partial charge in [0.25, 0.3) is 5.69 Å². The van der Waals surface area contributed by atoms with E-state index in [0.29, 0.717) is 19.0 Å². The lowest BCUT2D eigenvalue weighted by Gasteiger charge is -2.34. The van der Waals surface area contributed by atoms with E-state index in [1.165, 1.54) is 5.56 Å². The molecule has 1 amide bonds. The summed E-state index contributed by atoms with van der Waals surface area (Å²) in [6, 6.07) is 7.26. The summed E-state index contributed by atoms with van der Waals surface area (Å²) in [5.41, 5.74) is 1.97.